The van der Waals surface area contributed by atoms with E-state index in [1.54, 1.807) is 0 Å². The molecule has 0 radical (unpaired) electrons. The van der Waals surface area contributed by atoms with Crippen molar-refractivity contribution >= 4 is 21.9 Å². The molecule has 1 fully saturated rings. The van der Waals surface area contributed by atoms with E-state index in [4.69, 9.17) is 10.5 Å². The summed E-state index contributed by atoms with van der Waals surface area (Å²) >= 11 is 3.35. The number of hydrogen-bond acceptors (Lipinski definition) is 3. The van der Waals surface area contributed by atoms with E-state index in [1.165, 1.54) is 0 Å². The lowest BCUT2D eigenvalue weighted by Gasteiger charge is -2.11. The Bertz CT molecular complexity index is 385. The van der Waals surface area contributed by atoms with Gasteiger partial charge in [0.1, 0.15) is 6.61 Å². The van der Waals surface area contributed by atoms with Gasteiger partial charge in [0.15, 0.2) is 0 Å². The van der Waals surface area contributed by atoms with Crippen LogP contribution in [0.15, 0.2) is 28.7 Å². The minimum atomic E-state index is -0.366. The summed E-state index contributed by atoms with van der Waals surface area (Å²) in [5, 5.41) is 0. The van der Waals surface area contributed by atoms with Gasteiger partial charge in [0.05, 0.1) is 5.41 Å². The lowest BCUT2D eigenvalue weighted by molar-refractivity contribution is -0.151. The second-order valence-corrected chi connectivity index (χ2v) is 5.10. The van der Waals surface area contributed by atoms with Gasteiger partial charge < -0.3 is 10.5 Å². The smallest absolute Gasteiger partial charge is 0.313 e. The number of hydrogen-bond donors (Lipinski definition) is 1. The van der Waals surface area contributed by atoms with Crippen LogP contribution in [0.2, 0.25) is 0 Å². The zero-order valence-electron chi connectivity index (χ0n) is 8.91. The molecule has 1 aliphatic carbocycles. The zero-order chi connectivity index (χ0) is 11.6. The molecule has 0 aromatic heterocycles. The normalized spacial score (nSPS) is 16.9. The first-order valence-electron chi connectivity index (χ1n) is 5.28. The fraction of sp³-hybridized carbons (Fsp3) is 0.417. The molecule has 0 amide bonds. The first-order chi connectivity index (χ1) is 7.66. The van der Waals surface area contributed by atoms with Crippen LogP contribution in [-0.4, -0.2) is 12.5 Å². The maximum Gasteiger partial charge on any atom is 0.313 e. The molecule has 2 rings (SSSR count). The number of rotatable bonds is 4. The molecule has 3 nitrogen and oxygen atoms in total. The third-order valence-corrected chi connectivity index (χ3v) is 3.49. The summed E-state index contributed by atoms with van der Waals surface area (Å²) in [7, 11) is 0. The molecule has 4 heteroatoms. The first kappa shape index (κ1) is 11.6. The van der Waals surface area contributed by atoms with Gasteiger partial charge in [-0.3, -0.25) is 4.79 Å². The van der Waals surface area contributed by atoms with Crippen molar-refractivity contribution in [2.75, 3.05) is 6.54 Å². The van der Waals surface area contributed by atoms with E-state index >= 15 is 0 Å². The molecule has 0 atom stereocenters. The molecule has 2 N–H and O–H groups in total. The van der Waals surface area contributed by atoms with Gasteiger partial charge in [-0.05, 0) is 30.5 Å². The molecule has 16 heavy (non-hydrogen) atoms. The number of carbonyl (C=O) groups excluding carboxylic acids is 1. The minimum Gasteiger partial charge on any atom is -0.460 e. The number of ether oxygens (including phenoxy) is 1. The van der Waals surface area contributed by atoms with Crippen LogP contribution in [0.1, 0.15) is 18.4 Å². The van der Waals surface area contributed by atoms with Gasteiger partial charge in [0.25, 0.3) is 0 Å². The zero-order valence-corrected chi connectivity index (χ0v) is 10.5. The molecular formula is C12H14BrNO2. The first-order valence-corrected chi connectivity index (χ1v) is 6.07. The van der Waals surface area contributed by atoms with Gasteiger partial charge in [-0.25, -0.2) is 0 Å². The SMILES string of the molecule is NCC1(C(=O)OCc2ccc(Br)cc2)CC1. The summed E-state index contributed by atoms with van der Waals surface area (Å²) in [6, 6.07) is 7.72. The fourth-order valence-corrected chi connectivity index (χ4v) is 1.79. The third-order valence-electron chi connectivity index (χ3n) is 2.96. The topological polar surface area (TPSA) is 52.3 Å². The second kappa shape index (κ2) is 4.55. The van der Waals surface area contributed by atoms with Crippen LogP contribution in [0.5, 0.6) is 0 Å². The molecule has 0 aliphatic heterocycles. The lowest BCUT2D eigenvalue weighted by atomic mass is 10.1. The summed E-state index contributed by atoms with van der Waals surface area (Å²) in [6.07, 6.45) is 1.73. The van der Waals surface area contributed by atoms with Crippen LogP contribution in [0.25, 0.3) is 0 Å². The highest BCUT2D eigenvalue weighted by molar-refractivity contribution is 9.10. The van der Waals surface area contributed by atoms with Gasteiger partial charge >= 0.3 is 5.97 Å². The Morgan fingerprint density at radius 3 is 2.50 bits per heavy atom. The number of halogens is 1. The summed E-state index contributed by atoms with van der Waals surface area (Å²) in [5.74, 6) is -0.155. The van der Waals surface area contributed by atoms with Crippen LogP contribution in [0.4, 0.5) is 0 Å². The molecule has 1 saturated carbocycles. The van der Waals surface area contributed by atoms with Gasteiger partial charge in [0, 0.05) is 11.0 Å². The van der Waals surface area contributed by atoms with Crippen molar-refractivity contribution in [1.82, 2.24) is 0 Å². The van der Waals surface area contributed by atoms with Crippen molar-refractivity contribution < 1.29 is 9.53 Å². The van der Waals surface area contributed by atoms with Crippen molar-refractivity contribution in [2.45, 2.75) is 19.4 Å². The van der Waals surface area contributed by atoms with E-state index in [0.29, 0.717) is 13.2 Å². The molecule has 0 unspecified atom stereocenters. The lowest BCUT2D eigenvalue weighted by Crippen LogP contribution is -2.27. The molecular weight excluding hydrogens is 270 g/mol. The Labute approximate surface area is 103 Å². The van der Waals surface area contributed by atoms with Gasteiger partial charge in [-0.2, -0.15) is 0 Å². The monoisotopic (exact) mass is 283 g/mol. The third kappa shape index (κ3) is 2.44. The van der Waals surface area contributed by atoms with E-state index in [2.05, 4.69) is 15.9 Å². The number of nitrogens with two attached hydrogens (primary N) is 1. The summed E-state index contributed by atoms with van der Waals surface area (Å²) in [5.41, 5.74) is 6.18. The highest BCUT2D eigenvalue weighted by Gasteiger charge is 2.50. The van der Waals surface area contributed by atoms with Crippen molar-refractivity contribution in [3.63, 3.8) is 0 Å². The van der Waals surface area contributed by atoms with Gasteiger partial charge in [-0.15, -0.1) is 0 Å². The van der Waals surface area contributed by atoms with Crippen LogP contribution in [0, 0.1) is 5.41 Å². The molecule has 86 valence electrons. The highest BCUT2D eigenvalue weighted by Crippen LogP contribution is 2.45. The van der Waals surface area contributed by atoms with E-state index in [9.17, 15) is 4.79 Å². The Kier molecular flexibility index (Phi) is 3.30. The quantitative estimate of drug-likeness (QED) is 0.863. The average molecular weight is 284 g/mol. The molecule has 1 aromatic rings. The van der Waals surface area contributed by atoms with Gasteiger partial charge in [0.2, 0.25) is 0 Å². The predicted octanol–water partition coefficient (Wildman–Crippen LogP) is 2.23. The van der Waals surface area contributed by atoms with Crippen molar-refractivity contribution in [2.24, 2.45) is 11.1 Å². The fourth-order valence-electron chi connectivity index (χ4n) is 1.53. The summed E-state index contributed by atoms with van der Waals surface area (Å²) in [4.78, 5) is 11.7. The molecule has 0 heterocycles. The van der Waals surface area contributed by atoms with E-state index < -0.39 is 0 Å². The van der Waals surface area contributed by atoms with E-state index in [-0.39, 0.29) is 11.4 Å². The minimum absolute atomic E-state index is 0.155. The standard InChI is InChI=1S/C12H14BrNO2/c13-10-3-1-9(2-4-10)7-16-11(15)12(8-14)5-6-12/h1-4H,5-8,14H2. The summed E-state index contributed by atoms with van der Waals surface area (Å²) < 4.78 is 6.27. The largest absolute Gasteiger partial charge is 0.460 e. The molecule has 0 spiro atoms. The number of esters is 1. The van der Waals surface area contributed by atoms with E-state index in [1.807, 2.05) is 24.3 Å². The van der Waals surface area contributed by atoms with Gasteiger partial charge in [-0.1, -0.05) is 28.1 Å². The van der Waals surface area contributed by atoms with Crippen LogP contribution in [0.3, 0.4) is 0 Å². The Morgan fingerprint density at radius 1 is 1.38 bits per heavy atom. The Hall–Kier alpha value is -0.870. The Balaban J connectivity index is 1.88. The van der Waals surface area contributed by atoms with E-state index in [0.717, 1.165) is 22.9 Å². The average Bonchev–Trinajstić information content (AvgIpc) is 3.09. The maximum absolute atomic E-state index is 11.7. The number of benzene rings is 1. The van der Waals surface area contributed by atoms with Crippen LogP contribution < -0.4 is 5.73 Å². The predicted molar refractivity (Wildman–Crippen MR) is 64.7 cm³/mol. The van der Waals surface area contributed by atoms with Crippen molar-refractivity contribution in [1.29, 1.82) is 0 Å². The molecule has 0 bridgehead atoms. The second-order valence-electron chi connectivity index (χ2n) is 4.19. The van der Waals surface area contributed by atoms with Crippen LogP contribution >= 0.6 is 15.9 Å². The number of carbonyl (C=O) groups is 1. The summed E-state index contributed by atoms with van der Waals surface area (Å²) in [6.45, 7) is 0.722. The van der Waals surface area contributed by atoms with Crippen molar-refractivity contribution in [3.05, 3.63) is 34.3 Å². The highest BCUT2D eigenvalue weighted by atomic mass is 79.9. The molecule has 1 aliphatic rings. The molecule has 1 aromatic carbocycles. The molecule has 0 saturated heterocycles. The van der Waals surface area contributed by atoms with Crippen molar-refractivity contribution in [3.8, 4) is 0 Å². The maximum atomic E-state index is 11.7. The van der Waals surface area contributed by atoms with Crippen LogP contribution in [-0.2, 0) is 16.1 Å². The Morgan fingerprint density at radius 2 is 2.00 bits per heavy atom.